The summed E-state index contributed by atoms with van der Waals surface area (Å²) in [7, 11) is 1.93. The first-order chi connectivity index (χ1) is 10.2. The molecule has 21 heavy (non-hydrogen) atoms. The number of thiazole rings is 1. The van der Waals surface area contributed by atoms with Gasteiger partial charge in [0.25, 0.3) is 0 Å². The normalized spacial score (nSPS) is 14.8. The summed E-state index contributed by atoms with van der Waals surface area (Å²) in [6, 6.07) is 3.89. The molecule has 1 aliphatic rings. The number of hydrogen-bond acceptors (Lipinski definition) is 5. The molecule has 0 atom stereocenters. The second-order valence-electron chi connectivity index (χ2n) is 5.26. The van der Waals surface area contributed by atoms with Crippen LogP contribution in [0.1, 0.15) is 30.4 Å². The number of benzene rings is 1. The van der Waals surface area contributed by atoms with Crippen LogP contribution in [0.4, 0.5) is 5.69 Å². The van der Waals surface area contributed by atoms with E-state index in [9.17, 15) is 0 Å². The topological polar surface area (TPSA) is 55.6 Å². The van der Waals surface area contributed by atoms with E-state index in [1.807, 2.05) is 29.4 Å². The van der Waals surface area contributed by atoms with Crippen molar-refractivity contribution in [3.63, 3.8) is 0 Å². The van der Waals surface area contributed by atoms with Crippen LogP contribution in [0, 0.1) is 0 Å². The van der Waals surface area contributed by atoms with Crippen LogP contribution in [0.2, 0.25) is 5.02 Å². The Bertz CT molecular complexity index is 805. The molecule has 0 bridgehead atoms. The average Bonchev–Trinajstić information content (AvgIpc) is 3.10. The number of halogens is 1. The van der Waals surface area contributed by atoms with E-state index in [-0.39, 0.29) is 0 Å². The van der Waals surface area contributed by atoms with Gasteiger partial charge in [0.1, 0.15) is 11.3 Å². The summed E-state index contributed by atoms with van der Waals surface area (Å²) in [6.07, 6.45) is 2.42. The molecule has 1 N–H and O–H groups in total. The van der Waals surface area contributed by atoms with Crippen LogP contribution >= 0.6 is 22.9 Å². The van der Waals surface area contributed by atoms with Gasteiger partial charge in [0.15, 0.2) is 5.82 Å². The summed E-state index contributed by atoms with van der Waals surface area (Å²) < 4.78 is 2.97. The van der Waals surface area contributed by atoms with Gasteiger partial charge in [0, 0.05) is 13.0 Å². The van der Waals surface area contributed by atoms with E-state index in [2.05, 4.69) is 20.4 Å². The summed E-state index contributed by atoms with van der Waals surface area (Å²) in [5.74, 6) is 2.45. The van der Waals surface area contributed by atoms with Crippen molar-refractivity contribution in [1.82, 2.24) is 19.7 Å². The number of nitrogens with one attached hydrogen (secondary N) is 1. The Morgan fingerprint density at radius 3 is 3.10 bits per heavy atom. The summed E-state index contributed by atoms with van der Waals surface area (Å²) >= 11 is 7.90. The zero-order chi connectivity index (χ0) is 14.4. The molecule has 2 heterocycles. The Labute approximate surface area is 131 Å². The van der Waals surface area contributed by atoms with Crippen LogP contribution in [0.5, 0.6) is 0 Å². The van der Waals surface area contributed by atoms with Gasteiger partial charge in [-0.05, 0) is 25.0 Å². The lowest BCUT2D eigenvalue weighted by molar-refractivity contribution is 0.702. The zero-order valence-corrected chi connectivity index (χ0v) is 13.1. The molecule has 3 aromatic rings. The lowest BCUT2D eigenvalue weighted by Gasteiger charge is -2.08. The van der Waals surface area contributed by atoms with Gasteiger partial charge in [-0.15, -0.1) is 11.3 Å². The highest BCUT2D eigenvalue weighted by molar-refractivity contribution is 7.16. The molecule has 5 nitrogen and oxygen atoms in total. The van der Waals surface area contributed by atoms with E-state index < -0.39 is 0 Å². The van der Waals surface area contributed by atoms with Gasteiger partial charge < -0.3 is 5.32 Å². The fourth-order valence-corrected chi connectivity index (χ4v) is 3.25. The van der Waals surface area contributed by atoms with Crippen LogP contribution < -0.4 is 5.32 Å². The Hall–Kier alpha value is -1.66. The van der Waals surface area contributed by atoms with E-state index in [4.69, 9.17) is 11.6 Å². The lowest BCUT2D eigenvalue weighted by atomic mass is 10.3. The molecular weight excluding hydrogens is 306 g/mol. The largest absolute Gasteiger partial charge is 0.375 e. The molecule has 0 amide bonds. The first-order valence-electron chi connectivity index (χ1n) is 6.88. The fourth-order valence-electron chi connectivity index (χ4n) is 2.35. The Balaban J connectivity index is 1.60. The van der Waals surface area contributed by atoms with Crippen LogP contribution in [0.15, 0.2) is 17.6 Å². The quantitative estimate of drug-likeness (QED) is 0.798. The SMILES string of the molecule is Cn1nc(C2CC2)nc1CNc1c(Cl)ccc2scnc12. The van der Waals surface area contributed by atoms with Crippen molar-refractivity contribution in [1.29, 1.82) is 0 Å². The first-order valence-corrected chi connectivity index (χ1v) is 8.13. The minimum atomic E-state index is 0.565. The van der Waals surface area contributed by atoms with Crippen molar-refractivity contribution < 1.29 is 0 Å². The van der Waals surface area contributed by atoms with Gasteiger partial charge in [0.2, 0.25) is 0 Å². The molecule has 1 fully saturated rings. The van der Waals surface area contributed by atoms with Crippen molar-refractivity contribution in [2.24, 2.45) is 7.05 Å². The highest BCUT2D eigenvalue weighted by Crippen LogP contribution is 2.38. The highest BCUT2D eigenvalue weighted by atomic mass is 35.5. The van der Waals surface area contributed by atoms with Gasteiger partial charge >= 0.3 is 0 Å². The van der Waals surface area contributed by atoms with Crippen molar-refractivity contribution in [3.05, 3.63) is 34.3 Å². The van der Waals surface area contributed by atoms with Gasteiger partial charge in [-0.1, -0.05) is 11.6 Å². The maximum atomic E-state index is 6.29. The number of aryl methyl sites for hydroxylation is 1. The number of rotatable bonds is 4. The molecule has 1 aliphatic carbocycles. The Morgan fingerprint density at radius 1 is 1.43 bits per heavy atom. The molecule has 1 aromatic carbocycles. The van der Waals surface area contributed by atoms with E-state index in [1.165, 1.54) is 12.8 Å². The maximum Gasteiger partial charge on any atom is 0.154 e. The van der Waals surface area contributed by atoms with Crippen LogP contribution in [-0.2, 0) is 13.6 Å². The predicted octanol–water partition coefficient (Wildman–Crippen LogP) is 3.57. The van der Waals surface area contributed by atoms with Gasteiger partial charge in [-0.25, -0.2) is 9.97 Å². The molecule has 0 aliphatic heterocycles. The third-order valence-electron chi connectivity index (χ3n) is 3.69. The van der Waals surface area contributed by atoms with Gasteiger partial charge in [-0.3, -0.25) is 4.68 Å². The van der Waals surface area contributed by atoms with Crippen LogP contribution in [-0.4, -0.2) is 19.7 Å². The maximum absolute atomic E-state index is 6.29. The highest BCUT2D eigenvalue weighted by Gasteiger charge is 2.28. The lowest BCUT2D eigenvalue weighted by Crippen LogP contribution is -2.07. The fraction of sp³-hybridized carbons (Fsp3) is 0.357. The number of aromatic nitrogens is 4. The third kappa shape index (κ3) is 2.38. The van der Waals surface area contributed by atoms with E-state index >= 15 is 0 Å². The molecule has 4 rings (SSSR count). The number of anilines is 1. The van der Waals surface area contributed by atoms with Crippen molar-refractivity contribution >= 4 is 38.8 Å². The smallest absolute Gasteiger partial charge is 0.154 e. The van der Waals surface area contributed by atoms with Crippen LogP contribution in [0.25, 0.3) is 10.2 Å². The summed E-state index contributed by atoms with van der Waals surface area (Å²) in [5.41, 5.74) is 3.61. The standard InChI is InChI=1S/C14H14ClN5S/c1-20-11(18-14(19-20)8-2-3-8)6-16-12-9(15)4-5-10-13(12)17-7-21-10/h4-5,7-8,16H,2-3,6H2,1H3. The molecule has 0 radical (unpaired) electrons. The van der Waals surface area contributed by atoms with Crippen molar-refractivity contribution in [3.8, 4) is 0 Å². The monoisotopic (exact) mass is 319 g/mol. The number of nitrogens with zero attached hydrogens (tertiary/aromatic N) is 4. The van der Waals surface area contributed by atoms with E-state index in [1.54, 1.807) is 11.3 Å². The summed E-state index contributed by atoms with van der Waals surface area (Å²) in [5, 5.41) is 8.52. The number of fused-ring (bicyclic) bond motifs is 1. The number of hydrogen-bond donors (Lipinski definition) is 1. The average molecular weight is 320 g/mol. The van der Waals surface area contributed by atoms with Gasteiger partial charge in [0.05, 0.1) is 27.5 Å². The molecular formula is C14H14ClN5S. The van der Waals surface area contributed by atoms with Crippen molar-refractivity contribution in [2.75, 3.05) is 5.32 Å². The van der Waals surface area contributed by atoms with E-state index in [0.29, 0.717) is 17.5 Å². The van der Waals surface area contributed by atoms with Crippen LogP contribution in [0.3, 0.4) is 0 Å². The molecule has 108 valence electrons. The third-order valence-corrected chi connectivity index (χ3v) is 4.80. The molecule has 7 heteroatoms. The Kier molecular flexibility index (Phi) is 3.08. The Morgan fingerprint density at radius 2 is 2.29 bits per heavy atom. The summed E-state index contributed by atoms with van der Waals surface area (Å²) in [6.45, 7) is 0.590. The molecule has 1 saturated carbocycles. The zero-order valence-electron chi connectivity index (χ0n) is 11.5. The van der Waals surface area contributed by atoms with E-state index in [0.717, 1.165) is 27.6 Å². The van der Waals surface area contributed by atoms with Gasteiger partial charge in [-0.2, -0.15) is 5.10 Å². The van der Waals surface area contributed by atoms with Crippen molar-refractivity contribution in [2.45, 2.75) is 25.3 Å². The second kappa shape index (κ2) is 4.96. The molecule has 0 unspecified atom stereocenters. The minimum Gasteiger partial charge on any atom is -0.375 e. The molecule has 0 spiro atoms. The predicted molar refractivity (Wildman–Crippen MR) is 84.9 cm³/mol. The summed E-state index contributed by atoms with van der Waals surface area (Å²) in [4.78, 5) is 9.00. The second-order valence-corrected chi connectivity index (χ2v) is 6.55. The first kappa shape index (κ1) is 13.0. The minimum absolute atomic E-state index is 0.565. The molecule has 2 aromatic heterocycles. The molecule has 0 saturated heterocycles.